The van der Waals surface area contributed by atoms with Crippen molar-refractivity contribution in [3.8, 4) is 0 Å². The largest absolute Gasteiger partial charge is 0.481 e. The fourth-order valence-corrected chi connectivity index (χ4v) is 2.53. The molecule has 20 heavy (non-hydrogen) atoms. The molecule has 1 unspecified atom stereocenters. The zero-order valence-electron chi connectivity index (χ0n) is 13.3. The van der Waals surface area contributed by atoms with Crippen molar-refractivity contribution in [2.24, 2.45) is 0 Å². The van der Waals surface area contributed by atoms with E-state index < -0.39 is 5.97 Å². The Labute approximate surface area is 122 Å². The number of carboxylic acids is 1. The summed E-state index contributed by atoms with van der Waals surface area (Å²) >= 11 is 0. The Hall–Kier alpha value is -1.35. The van der Waals surface area contributed by atoms with Gasteiger partial charge in [0.25, 0.3) is 0 Å². The number of rotatable bonds is 7. The fourth-order valence-electron chi connectivity index (χ4n) is 2.53. The van der Waals surface area contributed by atoms with E-state index in [9.17, 15) is 4.79 Å². The lowest BCUT2D eigenvalue weighted by molar-refractivity contribution is -0.137. The fraction of sp³-hybridized carbons (Fsp3) is 0.588. The van der Waals surface area contributed by atoms with E-state index >= 15 is 0 Å². The molecular formula is C17H27NO2. The van der Waals surface area contributed by atoms with Crippen LogP contribution in [0.2, 0.25) is 0 Å². The molecule has 0 aliphatic heterocycles. The van der Waals surface area contributed by atoms with Gasteiger partial charge in [-0.15, -0.1) is 0 Å². The number of benzene rings is 1. The van der Waals surface area contributed by atoms with Gasteiger partial charge in [0.05, 0.1) is 0 Å². The lowest BCUT2D eigenvalue weighted by Crippen LogP contribution is -2.34. The van der Waals surface area contributed by atoms with E-state index in [0.29, 0.717) is 18.5 Å². The molecule has 3 heteroatoms. The molecule has 0 saturated carbocycles. The summed E-state index contributed by atoms with van der Waals surface area (Å²) in [6, 6.07) is 7.30. The van der Waals surface area contributed by atoms with Crippen LogP contribution < -0.4 is 0 Å². The molecule has 0 spiro atoms. The van der Waals surface area contributed by atoms with Crippen molar-refractivity contribution < 1.29 is 9.90 Å². The first-order valence-corrected chi connectivity index (χ1v) is 7.37. The number of carbonyl (C=O) groups is 1. The Morgan fingerprint density at radius 2 is 1.85 bits per heavy atom. The molecule has 0 aromatic heterocycles. The monoisotopic (exact) mass is 277 g/mol. The molecule has 0 amide bonds. The van der Waals surface area contributed by atoms with Gasteiger partial charge in [0.1, 0.15) is 0 Å². The summed E-state index contributed by atoms with van der Waals surface area (Å²) in [5, 5.41) is 8.77. The summed E-state index contributed by atoms with van der Waals surface area (Å²) in [6.07, 6.45) is 0.936. The highest BCUT2D eigenvalue weighted by Crippen LogP contribution is 2.24. The minimum Gasteiger partial charge on any atom is -0.481 e. The summed E-state index contributed by atoms with van der Waals surface area (Å²) < 4.78 is 0. The third kappa shape index (κ3) is 4.64. The van der Waals surface area contributed by atoms with Crippen molar-refractivity contribution in [1.29, 1.82) is 0 Å². The van der Waals surface area contributed by atoms with Crippen LogP contribution in [0.1, 0.15) is 56.3 Å². The van der Waals surface area contributed by atoms with Crippen LogP contribution in [0.4, 0.5) is 0 Å². The first kappa shape index (κ1) is 16.7. The van der Waals surface area contributed by atoms with Crippen LogP contribution in [0.15, 0.2) is 18.2 Å². The molecular weight excluding hydrogens is 250 g/mol. The van der Waals surface area contributed by atoms with Gasteiger partial charge in [-0.3, -0.25) is 9.69 Å². The van der Waals surface area contributed by atoms with Crippen molar-refractivity contribution in [3.05, 3.63) is 34.9 Å². The van der Waals surface area contributed by atoms with Gasteiger partial charge < -0.3 is 5.11 Å². The van der Waals surface area contributed by atoms with Crippen LogP contribution in [0.3, 0.4) is 0 Å². The minimum atomic E-state index is -0.715. The Morgan fingerprint density at radius 1 is 1.20 bits per heavy atom. The zero-order chi connectivity index (χ0) is 15.3. The van der Waals surface area contributed by atoms with Gasteiger partial charge in [0, 0.05) is 18.5 Å². The van der Waals surface area contributed by atoms with Gasteiger partial charge in [-0.1, -0.05) is 18.2 Å². The summed E-state index contributed by atoms with van der Waals surface area (Å²) in [5.41, 5.74) is 3.92. The maximum atomic E-state index is 10.7. The van der Waals surface area contributed by atoms with Gasteiger partial charge in [-0.05, 0) is 64.3 Å². The first-order valence-electron chi connectivity index (χ1n) is 7.37. The molecule has 0 bridgehead atoms. The van der Waals surface area contributed by atoms with Crippen LogP contribution in [0, 0.1) is 13.8 Å². The molecule has 0 aliphatic rings. The second-order valence-electron chi connectivity index (χ2n) is 5.85. The maximum Gasteiger partial charge on any atom is 0.303 e. The SMILES string of the molecule is Cc1ccc(C(C)N(CCCC(=O)O)C(C)C)cc1C. The number of aryl methyl sites for hydroxylation is 2. The highest BCUT2D eigenvalue weighted by molar-refractivity contribution is 5.66. The van der Waals surface area contributed by atoms with Crippen molar-refractivity contribution in [2.75, 3.05) is 6.54 Å². The first-order chi connectivity index (χ1) is 9.32. The van der Waals surface area contributed by atoms with Crippen LogP contribution in [-0.2, 0) is 4.79 Å². The predicted molar refractivity (Wildman–Crippen MR) is 83.0 cm³/mol. The van der Waals surface area contributed by atoms with E-state index in [0.717, 1.165) is 6.54 Å². The molecule has 0 radical (unpaired) electrons. The van der Waals surface area contributed by atoms with E-state index in [1.807, 2.05) is 0 Å². The number of hydrogen-bond donors (Lipinski definition) is 1. The van der Waals surface area contributed by atoms with Crippen molar-refractivity contribution in [1.82, 2.24) is 4.90 Å². The van der Waals surface area contributed by atoms with E-state index in [4.69, 9.17) is 5.11 Å². The van der Waals surface area contributed by atoms with Crippen molar-refractivity contribution >= 4 is 5.97 Å². The Morgan fingerprint density at radius 3 is 2.35 bits per heavy atom. The maximum absolute atomic E-state index is 10.7. The van der Waals surface area contributed by atoms with E-state index in [1.165, 1.54) is 16.7 Å². The average molecular weight is 277 g/mol. The summed E-state index contributed by atoms with van der Waals surface area (Å²) in [4.78, 5) is 13.0. The van der Waals surface area contributed by atoms with Crippen molar-refractivity contribution in [2.45, 2.75) is 59.5 Å². The molecule has 1 rings (SSSR count). The van der Waals surface area contributed by atoms with Crippen LogP contribution in [0.25, 0.3) is 0 Å². The molecule has 0 aliphatic carbocycles. The number of aliphatic carboxylic acids is 1. The second kappa shape index (κ2) is 7.44. The normalized spacial score (nSPS) is 12.9. The standard InChI is InChI=1S/C17H27NO2/c1-12(2)18(10-6-7-17(19)20)15(5)16-9-8-13(3)14(4)11-16/h8-9,11-12,15H,6-7,10H2,1-5H3,(H,19,20). The lowest BCUT2D eigenvalue weighted by Gasteiger charge is -2.33. The summed E-state index contributed by atoms with van der Waals surface area (Å²) in [7, 11) is 0. The third-order valence-electron chi connectivity index (χ3n) is 3.98. The highest BCUT2D eigenvalue weighted by atomic mass is 16.4. The van der Waals surface area contributed by atoms with Crippen LogP contribution in [-0.4, -0.2) is 28.6 Å². The van der Waals surface area contributed by atoms with E-state index in [2.05, 4.69) is 57.7 Å². The van der Waals surface area contributed by atoms with Gasteiger partial charge >= 0.3 is 5.97 Å². The Balaban J connectivity index is 2.79. The topological polar surface area (TPSA) is 40.5 Å². The molecule has 0 heterocycles. The van der Waals surface area contributed by atoms with E-state index in [-0.39, 0.29) is 6.42 Å². The number of hydrogen-bond acceptors (Lipinski definition) is 2. The molecule has 1 atom stereocenters. The average Bonchev–Trinajstić information content (AvgIpc) is 2.36. The van der Waals surface area contributed by atoms with E-state index in [1.54, 1.807) is 0 Å². The zero-order valence-corrected chi connectivity index (χ0v) is 13.3. The quantitative estimate of drug-likeness (QED) is 0.820. The molecule has 1 aromatic rings. The molecule has 112 valence electrons. The minimum absolute atomic E-state index is 0.239. The van der Waals surface area contributed by atoms with Gasteiger partial charge in [-0.2, -0.15) is 0 Å². The van der Waals surface area contributed by atoms with Gasteiger partial charge in [0.15, 0.2) is 0 Å². The lowest BCUT2D eigenvalue weighted by atomic mass is 10.00. The predicted octanol–water partition coefficient (Wildman–Crippen LogP) is 3.94. The molecule has 3 nitrogen and oxygen atoms in total. The summed E-state index contributed by atoms with van der Waals surface area (Å²) in [5.74, 6) is -0.715. The number of nitrogens with zero attached hydrogens (tertiary/aromatic N) is 1. The van der Waals surface area contributed by atoms with Gasteiger partial charge in [-0.25, -0.2) is 0 Å². The molecule has 0 saturated heterocycles. The van der Waals surface area contributed by atoms with Crippen LogP contribution in [0.5, 0.6) is 0 Å². The Bertz CT molecular complexity index is 454. The third-order valence-corrected chi connectivity index (χ3v) is 3.98. The second-order valence-corrected chi connectivity index (χ2v) is 5.85. The van der Waals surface area contributed by atoms with Gasteiger partial charge in [0.2, 0.25) is 0 Å². The molecule has 1 N–H and O–H groups in total. The number of carboxylic acid groups (broad SMARTS) is 1. The Kier molecular flexibility index (Phi) is 6.21. The van der Waals surface area contributed by atoms with Crippen LogP contribution >= 0.6 is 0 Å². The van der Waals surface area contributed by atoms with Crippen molar-refractivity contribution in [3.63, 3.8) is 0 Å². The smallest absolute Gasteiger partial charge is 0.303 e. The molecule has 0 fully saturated rings. The molecule has 1 aromatic carbocycles. The highest BCUT2D eigenvalue weighted by Gasteiger charge is 2.19. The summed E-state index contributed by atoms with van der Waals surface area (Å²) in [6.45, 7) is 11.6.